The van der Waals surface area contributed by atoms with Crippen molar-refractivity contribution in [3.05, 3.63) is 5.73 Å². The van der Waals surface area contributed by atoms with Gasteiger partial charge >= 0.3 is 0 Å². The van der Waals surface area contributed by atoms with Crippen LogP contribution in [0.4, 0.5) is 4.79 Å². The predicted octanol–water partition coefficient (Wildman–Crippen LogP) is 0.714. The van der Waals surface area contributed by atoms with Crippen LogP contribution in [-0.2, 0) is 20.4 Å². The van der Waals surface area contributed by atoms with E-state index in [1.165, 1.54) is 0 Å². The molecule has 0 bridgehead atoms. The molecule has 2 N–H and O–H groups in total. The Morgan fingerprint density at radius 3 is 1.80 bits per heavy atom. The van der Waals surface area contributed by atoms with Crippen LogP contribution in [0.3, 0.4) is 0 Å². The molecular formula is CH2NO2Pd-. The zero-order valence-electron chi connectivity index (χ0n) is 2.17. The zero-order chi connectivity index (χ0) is 3.58. The van der Waals surface area contributed by atoms with E-state index in [-0.39, 0.29) is 20.4 Å². The molecular weight excluding hydrogens is 164 g/mol. The van der Waals surface area contributed by atoms with Gasteiger partial charge in [0.25, 0.3) is 0 Å². The molecule has 0 aliphatic carbocycles. The van der Waals surface area contributed by atoms with Gasteiger partial charge in [-0.05, 0) is 0 Å². The first-order chi connectivity index (χ1) is 1.73. The summed E-state index contributed by atoms with van der Waals surface area (Å²) in [5.74, 6) is 0. The van der Waals surface area contributed by atoms with Gasteiger partial charge in [0, 0.05) is 20.4 Å². The van der Waals surface area contributed by atoms with Crippen LogP contribution in [0.2, 0.25) is 0 Å². The van der Waals surface area contributed by atoms with E-state index in [9.17, 15) is 0 Å². The van der Waals surface area contributed by atoms with Crippen molar-refractivity contribution in [3.8, 4) is 0 Å². The van der Waals surface area contributed by atoms with Crippen LogP contribution < -0.4 is 0 Å². The van der Waals surface area contributed by atoms with E-state index in [4.69, 9.17) is 15.6 Å². The molecule has 1 amide bonds. The molecule has 3 nitrogen and oxygen atoms in total. The maximum atomic E-state index is 8.67. The van der Waals surface area contributed by atoms with E-state index in [0.717, 1.165) is 0 Å². The maximum Gasteiger partial charge on any atom is 0.224 e. The summed E-state index contributed by atoms with van der Waals surface area (Å²) < 4.78 is 0. The number of carboxylic acid groups (broad SMARTS) is 1. The van der Waals surface area contributed by atoms with Gasteiger partial charge in [-0.1, -0.05) is 0 Å². The minimum atomic E-state index is -1.58. The molecule has 34 valence electrons. The monoisotopic (exact) mass is 166 g/mol. The third-order valence-corrected chi connectivity index (χ3v) is 0. The number of hydrogen-bond donors (Lipinski definition) is 1. The largest absolute Gasteiger partial charge is 0.632 e. The van der Waals surface area contributed by atoms with E-state index < -0.39 is 6.09 Å². The van der Waals surface area contributed by atoms with Crippen LogP contribution in [0, 0.1) is 0 Å². The van der Waals surface area contributed by atoms with E-state index in [1.54, 1.807) is 0 Å². The van der Waals surface area contributed by atoms with Crippen LogP contribution in [-0.4, -0.2) is 11.2 Å². The quantitative estimate of drug-likeness (QED) is 0.539. The molecule has 0 saturated carbocycles. The first kappa shape index (κ1) is 8.87. The van der Waals surface area contributed by atoms with Crippen molar-refractivity contribution < 1.29 is 30.3 Å². The van der Waals surface area contributed by atoms with Gasteiger partial charge in [0.15, 0.2) is 0 Å². The van der Waals surface area contributed by atoms with E-state index in [2.05, 4.69) is 0 Å². The van der Waals surface area contributed by atoms with Gasteiger partial charge in [-0.25, -0.2) is 0 Å². The minimum absolute atomic E-state index is 0. The minimum Gasteiger partial charge on any atom is -0.632 e. The molecule has 5 heavy (non-hydrogen) atoms. The number of amides is 1. The van der Waals surface area contributed by atoms with E-state index >= 15 is 0 Å². The van der Waals surface area contributed by atoms with Crippen molar-refractivity contribution in [2.75, 3.05) is 0 Å². The molecule has 0 atom stereocenters. The predicted molar refractivity (Wildman–Crippen MR) is 12.3 cm³/mol. The molecule has 0 radical (unpaired) electrons. The molecule has 0 fully saturated rings. The average Bonchev–Trinajstić information content (AvgIpc) is 0.811. The SMILES string of the molecule is [NH-]C(=O)O.[Pd]. The Bertz CT molecular complexity index is 32.6. The Labute approximate surface area is 42.8 Å². The van der Waals surface area contributed by atoms with Gasteiger partial charge in [-0.15, -0.1) is 0 Å². The number of carbonyl (C=O) groups is 1. The fraction of sp³-hybridized carbons (Fsp3) is 0. The van der Waals surface area contributed by atoms with Crippen LogP contribution >= 0.6 is 0 Å². The summed E-state index contributed by atoms with van der Waals surface area (Å²) in [5.41, 5.74) is 5.50. The van der Waals surface area contributed by atoms with Gasteiger partial charge in [0.05, 0.1) is 0 Å². The molecule has 0 heterocycles. The second-order valence-electron chi connectivity index (χ2n) is 0.305. The summed E-state index contributed by atoms with van der Waals surface area (Å²) in [5, 5.41) is 7.08. The molecule has 0 aliphatic heterocycles. The summed E-state index contributed by atoms with van der Waals surface area (Å²) in [6, 6.07) is 0. The normalized spacial score (nSPS) is 4.80. The second-order valence-corrected chi connectivity index (χ2v) is 0.305. The molecule has 0 spiro atoms. The number of rotatable bonds is 0. The summed E-state index contributed by atoms with van der Waals surface area (Å²) in [7, 11) is 0. The van der Waals surface area contributed by atoms with Crippen LogP contribution in [0.15, 0.2) is 0 Å². The standard InChI is InChI=1S/CH2NO2.Pd/c2-1(3)4;/h2H,(H,3,4);/q-1;. The Kier molecular flexibility index (Phi) is 6.98. The molecule has 0 rings (SSSR count). The van der Waals surface area contributed by atoms with Gasteiger partial charge < -0.3 is 10.8 Å². The van der Waals surface area contributed by atoms with E-state index in [0.29, 0.717) is 0 Å². The van der Waals surface area contributed by atoms with Crippen LogP contribution in [0.5, 0.6) is 0 Å². The first-order valence-electron chi connectivity index (χ1n) is 0.678. The van der Waals surface area contributed by atoms with Gasteiger partial charge in [-0.3, -0.25) is 4.79 Å². The van der Waals surface area contributed by atoms with Crippen LogP contribution in [0.25, 0.3) is 5.73 Å². The second kappa shape index (κ2) is 3.93. The first-order valence-corrected chi connectivity index (χ1v) is 0.678. The van der Waals surface area contributed by atoms with Crippen molar-refractivity contribution >= 4 is 6.09 Å². The molecule has 0 aromatic rings. The van der Waals surface area contributed by atoms with Gasteiger partial charge in [-0.2, -0.15) is 0 Å². The Morgan fingerprint density at radius 1 is 1.80 bits per heavy atom. The molecule has 0 aromatic heterocycles. The van der Waals surface area contributed by atoms with E-state index in [1.807, 2.05) is 0 Å². The fourth-order valence-electron chi connectivity index (χ4n) is 0. The fourth-order valence-corrected chi connectivity index (χ4v) is 0. The topological polar surface area (TPSA) is 61.1 Å². The van der Waals surface area contributed by atoms with Crippen molar-refractivity contribution in [2.24, 2.45) is 0 Å². The van der Waals surface area contributed by atoms with Crippen molar-refractivity contribution in [3.63, 3.8) is 0 Å². The Hall–Kier alpha value is -0.0677. The summed E-state index contributed by atoms with van der Waals surface area (Å²) in [6.07, 6.45) is -1.58. The maximum absolute atomic E-state index is 8.67. The van der Waals surface area contributed by atoms with Gasteiger partial charge in [0.1, 0.15) is 0 Å². The average molecular weight is 166 g/mol. The van der Waals surface area contributed by atoms with Crippen molar-refractivity contribution in [2.45, 2.75) is 0 Å². The van der Waals surface area contributed by atoms with Crippen molar-refractivity contribution in [1.82, 2.24) is 0 Å². The Morgan fingerprint density at radius 2 is 1.80 bits per heavy atom. The smallest absolute Gasteiger partial charge is 0.224 e. The van der Waals surface area contributed by atoms with Crippen LogP contribution in [0.1, 0.15) is 0 Å². The van der Waals surface area contributed by atoms with Crippen molar-refractivity contribution in [1.29, 1.82) is 0 Å². The molecule has 0 aromatic carbocycles. The Balaban J connectivity index is 0. The van der Waals surface area contributed by atoms with Gasteiger partial charge in [0.2, 0.25) is 6.09 Å². The summed E-state index contributed by atoms with van der Waals surface area (Å²) in [6.45, 7) is 0. The molecule has 0 saturated heterocycles. The number of nitrogens with one attached hydrogen (secondary N) is 1. The molecule has 4 heteroatoms. The molecule has 0 unspecified atom stereocenters. The number of hydrogen-bond acceptors (Lipinski definition) is 1. The summed E-state index contributed by atoms with van der Waals surface area (Å²) >= 11 is 0. The summed E-state index contributed by atoms with van der Waals surface area (Å²) in [4.78, 5) is 8.67. The third kappa shape index (κ3) is 3210. The molecule has 0 aliphatic rings. The third-order valence-electron chi connectivity index (χ3n) is 0. The zero-order valence-corrected chi connectivity index (χ0v) is 3.73.